The Morgan fingerprint density at radius 2 is 1.55 bits per heavy atom. The maximum Gasteiger partial charge on any atom is 0.0730 e. The zero-order chi connectivity index (χ0) is 16.9. The molecule has 1 fully saturated rings. The van der Waals surface area contributed by atoms with E-state index in [2.05, 4.69) is 58.7 Å². The third kappa shape index (κ3) is 7.02. The quantitative estimate of drug-likeness (QED) is 0.547. The molecule has 0 spiro atoms. The average Bonchev–Trinajstić information content (AvgIpc) is 2.69. The Kier molecular flexibility index (Phi) is 12.9. The number of anilines is 1. The number of pyridine rings is 1. The number of ether oxygens (including phenoxy) is 1. The molecule has 0 bridgehead atoms. The molecular weight excluding hydrogens is 502 g/mol. The lowest BCUT2D eigenvalue weighted by molar-refractivity contribution is 0.0398. The van der Waals surface area contributed by atoms with Crippen LogP contribution in [0.1, 0.15) is 0 Å². The van der Waals surface area contributed by atoms with Crippen molar-refractivity contribution in [2.45, 2.75) is 0 Å². The van der Waals surface area contributed by atoms with Crippen LogP contribution in [0.2, 0.25) is 0 Å². The predicted molar refractivity (Wildman–Crippen MR) is 131 cm³/mol. The summed E-state index contributed by atoms with van der Waals surface area (Å²) < 4.78 is 5.42. The fraction of sp³-hybridized carbons (Fsp3) is 0.286. The summed E-state index contributed by atoms with van der Waals surface area (Å²) in [5.74, 6) is 0. The van der Waals surface area contributed by atoms with Gasteiger partial charge in [-0.1, -0.05) is 48.5 Å². The van der Waals surface area contributed by atoms with Gasteiger partial charge in [-0.15, -0.1) is 34.0 Å². The Labute approximate surface area is 192 Å². The minimum absolute atomic E-state index is 0. The molecule has 29 heavy (non-hydrogen) atoms. The van der Waals surface area contributed by atoms with Crippen LogP contribution in [-0.4, -0.2) is 60.2 Å². The van der Waals surface area contributed by atoms with Crippen molar-refractivity contribution in [3.05, 3.63) is 60.7 Å². The minimum atomic E-state index is 0. The van der Waals surface area contributed by atoms with Crippen LogP contribution in [0.4, 0.5) is 5.69 Å². The van der Waals surface area contributed by atoms with Gasteiger partial charge in [0.2, 0.25) is 0 Å². The Morgan fingerprint density at radius 3 is 2.28 bits per heavy atom. The standard InChI is InChI=1S/C21H23N3O.2BrH.2H2O/c1-2-6-17(7-3-1)20-16-21(18-8-4-5-9-19(18)23-20)22-10-11-24-12-14-25-15-13-24;;;;/h1-9,16H,10-15H2,(H,22,23);2*1H;2*1H2. The largest absolute Gasteiger partial charge is 0.412 e. The lowest BCUT2D eigenvalue weighted by Crippen LogP contribution is -2.39. The van der Waals surface area contributed by atoms with Crippen molar-refractivity contribution < 1.29 is 15.7 Å². The number of rotatable bonds is 5. The first-order chi connectivity index (χ1) is 12.4. The minimum Gasteiger partial charge on any atom is -0.412 e. The summed E-state index contributed by atoms with van der Waals surface area (Å²) in [4.78, 5) is 7.28. The summed E-state index contributed by atoms with van der Waals surface area (Å²) in [6, 6.07) is 20.8. The van der Waals surface area contributed by atoms with Gasteiger partial charge < -0.3 is 21.0 Å². The van der Waals surface area contributed by atoms with E-state index < -0.39 is 0 Å². The van der Waals surface area contributed by atoms with Crippen molar-refractivity contribution in [1.29, 1.82) is 0 Å². The van der Waals surface area contributed by atoms with Gasteiger partial charge in [0.1, 0.15) is 0 Å². The van der Waals surface area contributed by atoms with E-state index in [-0.39, 0.29) is 44.9 Å². The molecular formula is C21H29Br2N3O3. The van der Waals surface area contributed by atoms with E-state index in [4.69, 9.17) is 9.72 Å². The first-order valence-electron chi connectivity index (χ1n) is 8.89. The number of hydrogen-bond acceptors (Lipinski definition) is 4. The zero-order valence-electron chi connectivity index (χ0n) is 16.1. The molecule has 0 atom stereocenters. The molecule has 0 saturated carbocycles. The summed E-state index contributed by atoms with van der Waals surface area (Å²) in [6.07, 6.45) is 0. The smallest absolute Gasteiger partial charge is 0.0730 e. The van der Waals surface area contributed by atoms with Crippen LogP contribution >= 0.6 is 34.0 Å². The summed E-state index contributed by atoms with van der Waals surface area (Å²) in [7, 11) is 0. The van der Waals surface area contributed by atoms with Gasteiger partial charge in [0, 0.05) is 42.8 Å². The monoisotopic (exact) mass is 529 g/mol. The van der Waals surface area contributed by atoms with Gasteiger partial charge in [-0.2, -0.15) is 0 Å². The summed E-state index contributed by atoms with van der Waals surface area (Å²) in [6.45, 7) is 5.68. The van der Waals surface area contributed by atoms with Gasteiger partial charge in [0.15, 0.2) is 0 Å². The fourth-order valence-corrected chi connectivity index (χ4v) is 3.25. The van der Waals surface area contributed by atoms with Gasteiger partial charge in [-0.3, -0.25) is 4.90 Å². The van der Waals surface area contributed by atoms with Crippen molar-refractivity contribution in [3.8, 4) is 11.3 Å². The van der Waals surface area contributed by atoms with E-state index in [0.717, 1.165) is 61.9 Å². The fourth-order valence-electron chi connectivity index (χ4n) is 3.25. The molecule has 1 aliphatic rings. The van der Waals surface area contributed by atoms with Gasteiger partial charge in [-0.25, -0.2) is 4.98 Å². The van der Waals surface area contributed by atoms with Crippen molar-refractivity contribution >= 4 is 50.6 Å². The van der Waals surface area contributed by atoms with Crippen LogP contribution < -0.4 is 5.32 Å². The highest BCUT2D eigenvalue weighted by atomic mass is 79.9. The molecule has 8 heteroatoms. The van der Waals surface area contributed by atoms with E-state index >= 15 is 0 Å². The molecule has 0 aliphatic carbocycles. The second-order valence-corrected chi connectivity index (χ2v) is 6.32. The molecule has 1 saturated heterocycles. The first kappa shape index (κ1) is 27.5. The molecule has 0 amide bonds. The summed E-state index contributed by atoms with van der Waals surface area (Å²) >= 11 is 0. The molecule has 2 heterocycles. The first-order valence-corrected chi connectivity index (χ1v) is 8.89. The van der Waals surface area contributed by atoms with Crippen molar-refractivity contribution in [2.24, 2.45) is 0 Å². The molecule has 160 valence electrons. The van der Waals surface area contributed by atoms with Crippen molar-refractivity contribution in [1.82, 2.24) is 9.88 Å². The van der Waals surface area contributed by atoms with E-state index in [1.54, 1.807) is 0 Å². The second-order valence-electron chi connectivity index (χ2n) is 6.32. The van der Waals surface area contributed by atoms with E-state index in [1.807, 2.05) is 12.1 Å². The number of nitrogens with one attached hydrogen (secondary N) is 1. The molecule has 5 N–H and O–H groups in total. The molecule has 1 aliphatic heterocycles. The predicted octanol–water partition coefficient (Wildman–Crippen LogP) is 3.15. The summed E-state index contributed by atoms with van der Waals surface area (Å²) in [5, 5.41) is 4.79. The number of para-hydroxylation sites is 1. The third-order valence-electron chi connectivity index (χ3n) is 4.63. The van der Waals surface area contributed by atoms with Crippen LogP contribution in [0.15, 0.2) is 60.7 Å². The third-order valence-corrected chi connectivity index (χ3v) is 4.63. The lowest BCUT2D eigenvalue weighted by Gasteiger charge is -2.26. The number of nitrogens with zero attached hydrogens (tertiary/aromatic N) is 2. The highest BCUT2D eigenvalue weighted by molar-refractivity contribution is 8.93. The molecule has 2 aromatic carbocycles. The highest BCUT2D eigenvalue weighted by Gasteiger charge is 2.11. The van der Waals surface area contributed by atoms with E-state index in [0.29, 0.717) is 0 Å². The van der Waals surface area contributed by atoms with Crippen LogP contribution in [0.3, 0.4) is 0 Å². The number of aromatic nitrogens is 1. The topological polar surface area (TPSA) is 100 Å². The molecule has 0 unspecified atom stereocenters. The van der Waals surface area contributed by atoms with Gasteiger partial charge in [-0.05, 0) is 12.1 Å². The Morgan fingerprint density at radius 1 is 0.897 bits per heavy atom. The normalized spacial score (nSPS) is 13.2. The van der Waals surface area contributed by atoms with Crippen LogP contribution in [0.5, 0.6) is 0 Å². The molecule has 1 aromatic heterocycles. The lowest BCUT2D eigenvalue weighted by atomic mass is 10.1. The van der Waals surface area contributed by atoms with Gasteiger partial charge in [0.05, 0.1) is 24.4 Å². The van der Waals surface area contributed by atoms with Crippen LogP contribution in [-0.2, 0) is 4.74 Å². The second kappa shape index (κ2) is 13.6. The van der Waals surface area contributed by atoms with E-state index in [9.17, 15) is 0 Å². The number of morpholine rings is 1. The molecule has 3 aromatic rings. The molecule has 0 radical (unpaired) electrons. The summed E-state index contributed by atoms with van der Waals surface area (Å²) in [5.41, 5.74) is 4.33. The average molecular weight is 531 g/mol. The zero-order valence-corrected chi connectivity index (χ0v) is 19.6. The molecule has 6 nitrogen and oxygen atoms in total. The van der Waals surface area contributed by atoms with Crippen LogP contribution in [0.25, 0.3) is 22.2 Å². The van der Waals surface area contributed by atoms with Crippen LogP contribution in [0, 0.1) is 0 Å². The van der Waals surface area contributed by atoms with Gasteiger partial charge >= 0.3 is 0 Å². The van der Waals surface area contributed by atoms with E-state index in [1.165, 1.54) is 5.39 Å². The SMILES string of the molecule is Br.Br.O.O.c1ccc(-c2cc(NCCN3CCOCC3)c3ccccc3n2)cc1. The highest BCUT2D eigenvalue weighted by Crippen LogP contribution is 2.28. The Bertz CT molecular complexity index is 847. The molecule has 4 rings (SSSR count). The number of benzene rings is 2. The van der Waals surface area contributed by atoms with Gasteiger partial charge in [0.25, 0.3) is 0 Å². The Hall–Kier alpha value is -1.55. The Balaban J connectivity index is 0.00000196. The number of fused-ring (bicyclic) bond motifs is 1. The van der Waals surface area contributed by atoms with Crippen molar-refractivity contribution in [3.63, 3.8) is 0 Å². The van der Waals surface area contributed by atoms with Crippen molar-refractivity contribution in [2.75, 3.05) is 44.7 Å². The maximum atomic E-state index is 5.42. The number of halogens is 2. The maximum absolute atomic E-state index is 5.42. The number of hydrogen-bond donors (Lipinski definition) is 1.